The van der Waals surface area contributed by atoms with E-state index in [-0.39, 0.29) is 18.1 Å². The number of nitrogens with one attached hydrogen (secondary N) is 1. The summed E-state index contributed by atoms with van der Waals surface area (Å²) in [5.41, 5.74) is 5.77. The normalized spacial score (nSPS) is 30.1. The van der Waals surface area contributed by atoms with Gasteiger partial charge >= 0.3 is 6.03 Å². The number of piperidine rings is 1. The van der Waals surface area contributed by atoms with Crippen LogP contribution < -0.4 is 11.1 Å². The Morgan fingerprint density at radius 2 is 2.33 bits per heavy atom. The molecule has 2 atom stereocenters. The number of amides is 2. The van der Waals surface area contributed by atoms with Crippen LogP contribution in [-0.2, 0) is 0 Å². The molecule has 3 N–H and O–H groups in total. The Morgan fingerprint density at radius 1 is 1.67 bits per heavy atom. The van der Waals surface area contributed by atoms with E-state index in [4.69, 9.17) is 5.73 Å². The number of carbonyl (C=O) groups excluding carboxylic acids is 1. The van der Waals surface area contributed by atoms with Crippen molar-refractivity contribution in [3.63, 3.8) is 0 Å². The van der Waals surface area contributed by atoms with Crippen molar-refractivity contribution in [2.24, 2.45) is 5.73 Å². The van der Waals surface area contributed by atoms with Crippen molar-refractivity contribution in [2.45, 2.75) is 31.8 Å². The first-order chi connectivity index (χ1) is 5.65. The Hall–Kier alpha value is -0.770. The molecule has 0 aromatic rings. The molecule has 0 aromatic carbocycles. The second kappa shape index (κ2) is 3.76. The summed E-state index contributed by atoms with van der Waals surface area (Å²) in [6.45, 7) is 2.82. The first-order valence-electron chi connectivity index (χ1n) is 4.39. The first kappa shape index (κ1) is 9.32. The lowest BCUT2D eigenvalue weighted by atomic mass is 10.00. The van der Waals surface area contributed by atoms with Gasteiger partial charge in [0.25, 0.3) is 0 Å². The SMILES string of the molecule is CNC(=O)N1CCC(N)CC1C. The van der Waals surface area contributed by atoms with E-state index < -0.39 is 0 Å². The predicted octanol–water partition coefficient (Wildman–Crippen LogP) is 0.137. The summed E-state index contributed by atoms with van der Waals surface area (Å²) in [7, 11) is 1.66. The molecule has 0 bridgehead atoms. The highest BCUT2D eigenvalue weighted by molar-refractivity contribution is 5.74. The smallest absolute Gasteiger partial charge is 0.317 e. The van der Waals surface area contributed by atoms with Crippen molar-refractivity contribution in [3.8, 4) is 0 Å². The monoisotopic (exact) mass is 171 g/mol. The zero-order valence-electron chi connectivity index (χ0n) is 7.71. The molecule has 0 spiro atoms. The van der Waals surface area contributed by atoms with E-state index in [0.717, 1.165) is 19.4 Å². The Kier molecular flexibility index (Phi) is 2.92. The Morgan fingerprint density at radius 3 is 2.83 bits per heavy atom. The average Bonchev–Trinajstić information content (AvgIpc) is 2.03. The van der Waals surface area contributed by atoms with E-state index in [9.17, 15) is 4.79 Å². The highest BCUT2D eigenvalue weighted by atomic mass is 16.2. The van der Waals surface area contributed by atoms with Crippen LogP contribution in [-0.4, -0.2) is 36.6 Å². The minimum Gasteiger partial charge on any atom is -0.341 e. The van der Waals surface area contributed by atoms with Crippen LogP contribution in [0, 0.1) is 0 Å². The zero-order chi connectivity index (χ0) is 9.14. The van der Waals surface area contributed by atoms with Gasteiger partial charge in [-0.25, -0.2) is 4.79 Å². The molecule has 0 saturated carbocycles. The lowest BCUT2D eigenvalue weighted by Crippen LogP contribution is -2.51. The van der Waals surface area contributed by atoms with Crippen LogP contribution in [0.1, 0.15) is 19.8 Å². The lowest BCUT2D eigenvalue weighted by Gasteiger charge is -2.35. The molecule has 1 fully saturated rings. The first-order valence-corrected chi connectivity index (χ1v) is 4.39. The molecule has 0 radical (unpaired) electrons. The molecule has 0 aromatic heterocycles. The van der Waals surface area contributed by atoms with Crippen LogP contribution in [0.4, 0.5) is 4.79 Å². The molecule has 1 aliphatic rings. The third kappa shape index (κ3) is 1.88. The summed E-state index contributed by atoms with van der Waals surface area (Å²) in [5, 5.41) is 2.63. The van der Waals surface area contributed by atoms with Crippen molar-refractivity contribution in [1.82, 2.24) is 10.2 Å². The van der Waals surface area contributed by atoms with Crippen molar-refractivity contribution >= 4 is 6.03 Å². The largest absolute Gasteiger partial charge is 0.341 e. The summed E-state index contributed by atoms with van der Waals surface area (Å²) >= 11 is 0. The quantitative estimate of drug-likeness (QED) is 0.544. The molecule has 1 aliphatic heterocycles. The van der Waals surface area contributed by atoms with E-state index >= 15 is 0 Å². The van der Waals surface area contributed by atoms with Gasteiger partial charge in [-0.1, -0.05) is 0 Å². The van der Waals surface area contributed by atoms with E-state index in [1.165, 1.54) is 0 Å². The third-order valence-corrected chi connectivity index (χ3v) is 2.39. The van der Waals surface area contributed by atoms with Crippen molar-refractivity contribution in [2.75, 3.05) is 13.6 Å². The van der Waals surface area contributed by atoms with Gasteiger partial charge in [-0.2, -0.15) is 0 Å². The van der Waals surface area contributed by atoms with Gasteiger partial charge in [0.05, 0.1) is 0 Å². The fourth-order valence-electron chi connectivity index (χ4n) is 1.65. The van der Waals surface area contributed by atoms with Gasteiger partial charge in [-0.05, 0) is 19.8 Å². The number of urea groups is 1. The number of carbonyl (C=O) groups is 1. The molecule has 70 valence electrons. The van der Waals surface area contributed by atoms with E-state index in [0.29, 0.717) is 0 Å². The second-order valence-corrected chi connectivity index (χ2v) is 3.38. The van der Waals surface area contributed by atoms with Crippen LogP contribution in [0.3, 0.4) is 0 Å². The number of nitrogens with zero attached hydrogens (tertiary/aromatic N) is 1. The number of nitrogens with two attached hydrogens (primary N) is 1. The van der Waals surface area contributed by atoms with Crippen LogP contribution >= 0.6 is 0 Å². The summed E-state index contributed by atoms with van der Waals surface area (Å²) in [6.07, 6.45) is 1.82. The summed E-state index contributed by atoms with van der Waals surface area (Å²) in [5.74, 6) is 0. The maximum Gasteiger partial charge on any atom is 0.317 e. The molecular weight excluding hydrogens is 154 g/mol. The van der Waals surface area contributed by atoms with Crippen LogP contribution in [0.25, 0.3) is 0 Å². The van der Waals surface area contributed by atoms with Crippen LogP contribution in [0.2, 0.25) is 0 Å². The second-order valence-electron chi connectivity index (χ2n) is 3.38. The Bertz CT molecular complexity index is 172. The van der Waals surface area contributed by atoms with E-state index in [1.807, 2.05) is 11.8 Å². The van der Waals surface area contributed by atoms with Crippen LogP contribution in [0.5, 0.6) is 0 Å². The maximum atomic E-state index is 11.3. The highest BCUT2D eigenvalue weighted by Gasteiger charge is 2.25. The molecule has 1 rings (SSSR count). The standard InChI is InChI=1S/C8H17N3O/c1-6-5-7(9)3-4-11(6)8(12)10-2/h6-7H,3-5,9H2,1-2H3,(H,10,12). The fourth-order valence-corrected chi connectivity index (χ4v) is 1.65. The van der Waals surface area contributed by atoms with Gasteiger partial charge in [0, 0.05) is 25.7 Å². The molecule has 1 heterocycles. The van der Waals surface area contributed by atoms with Crippen molar-refractivity contribution in [1.29, 1.82) is 0 Å². The number of hydrogen-bond donors (Lipinski definition) is 2. The van der Waals surface area contributed by atoms with E-state index in [2.05, 4.69) is 5.32 Å². The predicted molar refractivity (Wildman–Crippen MR) is 47.8 cm³/mol. The number of rotatable bonds is 0. The number of likely N-dealkylation sites (tertiary alicyclic amines) is 1. The summed E-state index contributed by atoms with van der Waals surface area (Å²) in [4.78, 5) is 13.1. The molecular formula is C8H17N3O. The molecule has 1 saturated heterocycles. The molecule has 2 unspecified atom stereocenters. The van der Waals surface area contributed by atoms with Gasteiger partial charge in [0.2, 0.25) is 0 Å². The van der Waals surface area contributed by atoms with Gasteiger partial charge in [0.1, 0.15) is 0 Å². The fraction of sp³-hybridized carbons (Fsp3) is 0.875. The summed E-state index contributed by atoms with van der Waals surface area (Å²) in [6, 6.07) is 0.545. The lowest BCUT2D eigenvalue weighted by molar-refractivity contribution is 0.153. The minimum absolute atomic E-state index is 0.00870. The molecule has 4 heteroatoms. The molecule has 12 heavy (non-hydrogen) atoms. The van der Waals surface area contributed by atoms with Crippen molar-refractivity contribution in [3.05, 3.63) is 0 Å². The Balaban J connectivity index is 2.50. The average molecular weight is 171 g/mol. The van der Waals surface area contributed by atoms with Gasteiger partial charge in [0.15, 0.2) is 0 Å². The van der Waals surface area contributed by atoms with Crippen molar-refractivity contribution < 1.29 is 4.79 Å². The topological polar surface area (TPSA) is 58.4 Å². The van der Waals surface area contributed by atoms with Crippen LogP contribution in [0.15, 0.2) is 0 Å². The third-order valence-electron chi connectivity index (χ3n) is 2.39. The Labute approximate surface area is 73.1 Å². The van der Waals surface area contributed by atoms with Gasteiger partial charge in [-0.15, -0.1) is 0 Å². The molecule has 0 aliphatic carbocycles. The van der Waals surface area contributed by atoms with Gasteiger partial charge in [-0.3, -0.25) is 0 Å². The van der Waals surface area contributed by atoms with E-state index in [1.54, 1.807) is 7.05 Å². The highest BCUT2D eigenvalue weighted by Crippen LogP contribution is 2.15. The zero-order valence-corrected chi connectivity index (χ0v) is 7.71. The minimum atomic E-state index is 0.00870. The molecule has 4 nitrogen and oxygen atoms in total. The summed E-state index contributed by atoms with van der Waals surface area (Å²) < 4.78 is 0. The number of hydrogen-bond acceptors (Lipinski definition) is 2. The van der Waals surface area contributed by atoms with Gasteiger partial charge < -0.3 is 16.0 Å². The maximum absolute atomic E-state index is 11.3. The molecule has 2 amide bonds.